The normalized spacial score (nSPS) is 16.6. The minimum atomic E-state index is -0.670. The molecule has 190 valence electrons. The Morgan fingerprint density at radius 3 is 2.49 bits per heavy atom. The lowest BCUT2D eigenvalue weighted by Crippen LogP contribution is -2.45. The van der Waals surface area contributed by atoms with Gasteiger partial charge in [-0.3, -0.25) is 19.8 Å². The molecule has 3 heterocycles. The number of thiophene rings is 1. The lowest BCUT2D eigenvalue weighted by Gasteiger charge is -2.37. The largest absolute Gasteiger partial charge is 0.370 e. The van der Waals surface area contributed by atoms with Crippen LogP contribution in [0, 0.1) is 12.3 Å². The van der Waals surface area contributed by atoms with Crippen molar-refractivity contribution < 1.29 is 14.4 Å². The van der Waals surface area contributed by atoms with Gasteiger partial charge >= 0.3 is 0 Å². The van der Waals surface area contributed by atoms with E-state index in [0.29, 0.717) is 43.6 Å². The molecular weight excluding hydrogens is 484 g/mol. The highest BCUT2D eigenvalue weighted by molar-refractivity contribution is 7.10. The van der Waals surface area contributed by atoms with Crippen molar-refractivity contribution in [2.24, 2.45) is 5.73 Å². The predicted octanol–water partition coefficient (Wildman–Crippen LogP) is 4.06. The Balaban J connectivity index is 1.47. The SMILES string of the molecule is CC(=O)c1ccc(CC(=O)C2c3cccc(C)c3CCN2C(=O)c2csc3c2CCN(C(=N)N)C3)cc1. The number of rotatable bonds is 5. The zero-order chi connectivity index (χ0) is 26.3. The summed E-state index contributed by atoms with van der Waals surface area (Å²) in [7, 11) is 0. The van der Waals surface area contributed by atoms with Crippen LogP contribution in [-0.2, 0) is 30.6 Å². The fourth-order valence-corrected chi connectivity index (χ4v) is 6.53. The first-order valence-electron chi connectivity index (χ1n) is 12.4. The van der Waals surface area contributed by atoms with Gasteiger partial charge in [-0.05, 0) is 54.5 Å². The molecule has 1 aromatic heterocycles. The molecule has 3 aromatic rings. The summed E-state index contributed by atoms with van der Waals surface area (Å²) >= 11 is 1.52. The third-order valence-corrected chi connectivity index (χ3v) is 8.49. The second-order valence-electron chi connectivity index (χ2n) is 9.80. The second kappa shape index (κ2) is 9.94. The van der Waals surface area contributed by atoms with Crippen LogP contribution in [0.3, 0.4) is 0 Å². The van der Waals surface area contributed by atoms with Crippen LogP contribution in [-0.4, -0.2) is 46.3 Å². The molecule has 2 aliphatic heterocycles. The van der Waals surface area contributed by atoms with Gasteiger partial charge in [-0.15, -0.1) is 11.3 Å². The summed E-state index contributed by atoms with van der Waals surface area (Å²) in [5.41, 5.74) is 11.9. The van der Waals surface area contributed by atoms with Gasteiger partial charge in [0.1, 0.15) is 6.04 Å². The Labute approximate surface area is 220 Å². The third kappa shape index (κ3) is 4.69. The van der Waals surface area contributed by atoms with Crippen molar-refractivity contribution in [3.8, 4) is 0 Å². The monoisotopic (exact) mass is 514 g/mol. The van der Waals surface area contributed by atoms with Crippen LogP contribution in [0.25, 0.3) is 0 Å². The molecule has 0 aliphatic carbocycles. The molecule has 0 spiro atoms. The van der Waals surface area contributed by atoms with Gasteiger partial charge in [0.25, 0.3) is 5.91 Å². The van der Waals surface area contributed by atoms with Crippen molar-refractivity contribution in [3.63, 3.8) is 0 Å². The number of nitrogens with two attached hydrogens (primary N) is 1. The molecule has 1 unspecified atom stereocenters. The number of fused-ring (bicyclic) bond motifs is 2. The summed E-state index contributed by atoms with van der Waals surface area (Å²) in [5.74, 6) is -0.137. The maximum atomic E-state index is 14.0. The van der Waals surface area contributed by atoms with E-state index in [1.54, 1.807) is 21.9 Å². The van der Waals surface area contributed by atoms with Gasteiger partial charge in [0.05, 0.1) is 12.1 Å². The Bertz CT molecular complexity index is 1410. The number of amides is 1. The zero-order valence-electron chi connectivity index (χ0n) is 21.0. The number of guanidine groups is 1. The second-order valence-corrected chi connectivity index (χ2v) is 10.8. The van der Waals surface area contributed by atoms with E-state index in [9.17, 15) is 14.4 Å². The van der Waals surface area contributed by atoms with Crippen molar-refractivity contribution >= 4 is 34.8 Å². The van der Waals surface area contributed by atoms with E-state index in [1.165, 1.54) is 18.3 Å². The van der Waals surface area contributed by atoms with Crippen LogP contribution >= 0.6 is 11.3 Å². The van der Waals surface area contributed by atoms with Crippen LogP contribution in [0.5, 0.6) is 0 Å². The molecule has 3 N–H and O–H groups in total. The lowest BCUT2D eigenvalue weighted by molar-refractivity contribution is -0.123. The maximum absolute atomic E-state index is 14.0. The van der Waals surface area contributed by atoms with E-state index in [-0.39, 0.29) is 29.9 Å². The summed E-state index contributed by atoms with van der Waals surface area (Å²) in [6.07, 6.45) is 1.52. The zero-order valence-corrected chi connectivity index (χ0v) is 21.9. The highest BCUT2D eigenvalue weighted by atomic mass is 32.1. The van der Waals surface area contributed by atoms with Crippen molar-refractivity contribution in [1.29, 1.82) is 5.41 Å². The predicted molar refractivity (Wildman–Crippen MR) is 144 cm³/mol. The fourth-order valence-electron chi connectivity index (χ4n) is 5.44. The average molecular weight is 515 g/mol. The van der Waals surface area contributed by atoms with Gasteiger partial charge in [0, 0.05) is 35.3 Å². The minimum absolute atomic E-state index is 0.0168. The number of nitrogens with one attached hydrogen (secondary N) is 1. The van der Waals surface area contributed by atoms with Crippen molar-refractivity contribution in [2.75, 3.05) is 13.1 Å². The highest BCUT2D eigenvalue weighted by Crippen LogP contribution is 2.36. The Hall–Kier alpha value is -3.78. The maximum Gasteiger partial charge on any atom is 0.255 e. The molecule has 7 nitrogen and oxygen atoms in total. The number of hydrogen-bond donors (Lipinski definition) is 2. The Morgan fingerprint density at radius 1 is 1.05 bits per heavy atom. The van der Waals surface area contributed by atoms with Gasteiger partial charge in [-0.25, -0.2) is 0 Å². The molecule has 37 heavy (non-hydrogen) atoms. The number of aryl methyl sites for hydroxylation is 1. The van der Waals surface area contributed by atoms with Gasteiger partial charge < -0.3 is 15.5 Å². The highest BCUT2D eigenvalue weighted by Gasteiger charge is 2.38. The summed E-state index contributed by atoms with van der Waals surface area (Å²) in [5, 5.41) is 9.64. The smallest absolute Gasteiger partial charge is 0.255 e. The van der Waals surface area contributed by atoms with E-state index >= 15 is 0 Å². The first kappa shape index (κ1) is 24.9. The van der Waals surface area contributed by atoms with Crippen molar-refractivity contribution in [3.05, 3.63) is 91.7 Å². The van der Waals surface area contributed by atoms with Gasteiger partial charge in [0.15, 0.2) is 17.5 Å². The molecular formula is C29H30N4O3S. The number of hydrogen-bond acceptors (Lipinski definition) is 5. The van der Waals surface area contributed by atoms with Crippen LogP contribution in [0.15, 0.2) is 47.8 Å². The molecule has 0 saturated carbocycles. The van der Waals surface area contributed by atoms with Crippen molar-refractivity contribution in [2.45, 2.75) is 45.7 Å². The summed E-state index contributed by atoms with van der Waals surface area (Å²) in [6, 6.07) is 12.4. The first-order valence-corrected chi connectivity index (χ1v) is 13.3. The molecule has 0 bridgehead atoms. The summed E-state index contributed by atoms with van der Waals surface area (Å²) in [6.45, 7) is 5.17. The molecule has 0 saturated heterocycles. The number of carbonyl (C=O) groups excluding carboxylic acids is 3. The van der Waals surface area contributed by atoms with E-state index in [2.05, 4.69) is 0 Å². The topological polar surface area (TPSA) is 108 Å². The standard InChI is InChI=1S/C29H30N4O3S/c1-17-4-3-5-23-21(17)11-13-33(27(23)25(35)14-19-6-8-20(9-7-19)18(2)34)28(36)24-16-37-26-15-32(29(30)31)12-10-22(24)26/h3-9,16,27H,10-15H2,1-2H3,(H3,30,31). The third-order valence-electron chi connectivity index (χ3n) is 7.48. The molecule has 1 atom stereocenters. The van der Waals surface area contributed by atoms with Crippen molar-refractivity contribution in [1.82, 2.24) is 9.80 Å². The number of nitrogens with zero attached hydrogens (tertiary/aromatic N) is 2. The first-order chi connectivity index (χ1) is 17.7. The molecule has 2 aliphatic rings. The molecule has 2 aromatic carbocycles. The molecule has 0 radical (unpaired) electrons. The van der Waals surface area contributed by atoms with Crippen LogP contribution in [0.2, 0.25) is 0 Å². The fraction of sp³-hybridized carbons (Fsp3) is 0.310. The van der Waals surface area contributed by atoms with Gasteiger partial charge in [-0.1, -0.05) is 42.5 Å². The number of benzene rings is 2. The number of ketones is 2. The Morgan fingerprint density at radius 2 is 1.78 bits per heavy atom. The van der Waals surface area contributed by atoms with Crippen LogP contribution in [0.1, 0.15) is 66.4 Å². The van der Waals surface area contributed by atoms with E-state index in [4.69, 9.17) is 11.1 Å². The van der Waals surface area contributed by atoms with Gasteiger partial charge in [0.2, 0.25) is 0 Å². The number of Topliss-reactive ketones (excluding diaryl/α,β-unsaturated/α-hetero) is 2. The van der Waals surface area contributed by atoms with Crippen LogP contribution < -0.4 is 5.73 Å². The molecule has 8 heteroatoms. The molecule has 5 rings (SSSR count). The summed E-state index contributed by atoms with van der Waals surface area (Å²) < 4.78 is 0. The van der Waals surface area contributed by atoms with Gasteiger partial charge in [-0.2, -0.15) is 0 Å². The van der Waals surface area contributed by atoms with E-state index < -0.39 is 6.04 Å². The van der Waals surface area contributed by atoms with E-state index in [0.717, 1.165) is 32.7 Å². The quantitative estimate of drug-likeness (QED) is 0.303. The lowest BCUT2D eigenvalue weighted by atomic mass is 9.85. The molecule has 1 amide bonds. The van der Waals surface area contributed by atoms with E-state index in [1.807, 2.05) is 42.6 Å². The average Bonchev–Trinajstić information content (AvgIpc) is 3.31. The Kier molecular flexibility index (Phi) is 6.69. The number of carbonyl (C=O) groups is 3. The van der Waals surface area contributed by atoms with Crippen LogP contribution in [0.4, 0.5) is 0 Å². The minimum Gasteiger partial charge on any atom is -0.370 e. The summed E-state index contributed by atoms with van der Waals surface area (Å²) in [4.78, 5) is 44.1. The molecule has 0 fully saturated rings.